The van der Waals surface area contributed by atoms with Gasteiger partial charge in [0.2, 0.25) is 0 Å². The SMILES string of the molecule is CCOCC1CC(OC)C(OC)CO1. The smallest absolute Gasteiger partial charge is 0.107 e. The summed E-state index contributed by atoms with van der Waals surface area (Å²) in [5.41, 5.74) is 0. The van der Waals surface area contributed by atoms with Crippen molar-refractivity contribution < 1.29 is 18.9 Å². The Balaban J connectivity index is 2.32. The highest BCUT2D eigenvalue weighted by Gasteiger charge is 2.31. The zero-order chi connectivity index (χ0) is 10.4. The Morgan fingerprint density at radius 2 is 1.93 bits per heavy atom. The molecule has 0 aromatic heterocycles. The quantitative estimate of drug-likeness (QED) is 0.665. The van der Waals surface area contributed by atoms with Gasteiger partial charge < -0.3 is 18.9 Å². The molecule has 4 heteroatoms. The van der Waals surface area contributed by atoms with E-state index >= 15 is 0 Å². The van der Waals surface area contributed by atoms with Crippen LogP contribution in [0.15, 0.2) is 0 Å². The van der Waals surface area contributed by atoms with E-state index in [1.54, 1.807) is 14.2 Å². The van der Waals surface area contributed by atoms with Crippen LogP contribution in [-0.2, 0) is 18.9 Å². The summed E-state index contributed by atoms with van der Waals surface area (Å²) in [6.07, 6.45) is 1.16. The van der Waals surface area contributed by atoms with Crippen molar-refractivity contribution >= 4 is 0 Å². The van der Waals surface area contributed by atoms with Crippen molar-refractivity contribution in [3.8, 4) is 0 Å². The number of methoxy groups -OCH3 is 2. The molecule has 0 amide bonds. The van der Waals surface area contributed by atoms with Crippen molar-refractivity contribution in [2.75, 3.05) is 34.0 Å². The van der Waals surface area contributed by atoms with Crippen molar-refractivity contribution in [1.29, 1.82) is 0 Å². The van der Waals surface area contributed by atoms with Crippen LogP contribution in [0.4, 0.5) is 0 Å². The summed E-state index contributed by atoms with van der Waals surface area (Å²) in [6, 6.07) is 0. The Morgan fingerprint density at radius 3 is 2.50 bits per heavy atom. The molecule has 4 nitrogen and oxygen atoms in total. The molecule has 1 aliphatic rings. The Labute approximate surface area is 85.5 Å². The number of hydrogen-bond donors (Lipinski definition) is 0. The molecule has 0 aromatic rings. The first-order valence-electron chi connectivity index (χ1n) is 5.06. The molecule has 3 unspecified atom stereocenters. The maximum absolute atomic E-state index is 5.59. The summed E-state index contributed by atoms with van der Waals surface area (Å²) < 4.78 is 21.5. The van der Waals surface area contributed by atoms with E-state index in [2.05, 4.69) is 0 Å². The largest absolute Gasteiger partial charge is 0.379 e. The molecule has 0 aromatic carbocycles. The van der Waals surface area contributed by atoms with Gasteiger partial charge in [-0.05, 0) is 6.92 Å². The molecule has 0 aliphatic carbocycles. The molecule has 1 rings (SSSR count). The summed E-state index contributed by atoms with van der Waals surface area (Å²) in [7, 11) is 3.39. The Hall–Kier alpha value is -0.160. The molecule has 0 saturated carbocycles. The minimum atomic E-state index is 0.0536. The average molecular weight is 204 g/mol. The number of rotatable bonds is 5. The van der Waals surface area contributed by atoms with Crippen molar-refractivity contribution in [3.63, 3.8) is 0 Å². The van der Waals surface area contributed by atoms with Gasteiger partial charge in [-0.3, -0.25) is 0 Å². The van der Waals surface area contributed by atoms with Gasteiger partial charge in [-0.1, -0.05) is 0 Å². The van der Waals surface area contributed by atoms with Crippen LogP contribution in [0.5, 0.6) is 0 Å². The van der Waals surface area contributed by atoms with E-state index < -0.39 is 0 Å². The van der Waals surface area contributed by atoms with Crippen LogP contribution >= 0.6 is 0 Å². The predicted octanol–water partition coefficient (Wildman–Crippen LogP) is 0.842. The van der Waals surface area contributed by atoms with Crippen molar-refractivity contribution in [2.45, 2.75) is 31.7 Å². The summed E-state index contributed by atoms with van der Waals surface area (Å²) in [5.74, 6) is 0. The van der Waals surface area contributed by atoms with E-state index in [0.717, 1.165) is 13.0 Å². The van der Waals surface area contributed by atoms with Gasteiger partial charge in [-0.25, -0.2) is 0 Å². The van der Waals surface area contributed by atoms with Crippen LogP contribution < -0.4 is 0 Å². The topological polar surface area (TPSA) is 36.9 Å². The van der Waals surface area contributed by atoms with Crippen LogP contribution in [-0.4, -0.2) is 52.4 Å². The van der Waals surface area contributed by atoms with E-state index in [9.17, 15) is 0 Å². The minimum absolute atomic E-state index is 0.0536. The molecule has 1 fully saturated rings. The zero-order valence-electron chi connectivity index (χ0n) is 9.19. The monoisotopic (exact) mass is 204 g/mol. The molecule has 1 saturated heterocycles. The standard InChI is InChI=1S/C10H20O4/c1-4-13-6-8-5-9(11-2)10(12-3)7-14-8/h8-10H,4-7H2,1-3H3. The minimum Gasteiger partial charge on any atom is -0.379 e. The number of hydrogen-bond acceptors (Lipinski definition) is 4. The second-order valence-corrected chi connectivity index (χ2v) is 3.40. The number of ether oxygens (including phenoxy) is 4. The fraction of sp³-hybridized carbons (Fsp3) is 1.00. The van der Waals surface area contributed by atoms with E-state index in [-0.39, 0.29) is 18.3 Å². The summed E-state index contributed by atoms with van der Waals surface area (Å²) >= 11 is 0. The van der Waals surface area contributed by atoms with Gasteiger partial charge in [0.1, 0.15) is 6.10 Å². The molecule has 0 radical (unpaired) electrons. The highest BCUT2D eigenvalue weighted by atomic mass is 16.6. The van der Waals surface area contributed by atoms with E-state index in [1.807, 2.05) is 6.92 Å². The molecule has 1 heterocycles. The normalized spacial score (nSPS) is 33.2. The molecule has 84 valence electrons. The third-order valence-electron chi connectivity index (χ3n) is 2.52. The van der Waals surface area contributed by atoms with Gasteiger partial charge in [-0.15, -0.1) is 0 Å². The van der Waals surface area contributed by atoms with E-state index in [0.29, 0.717) is 13.2 Å². The van der Waals surface area contributed by atoms with Crippen LogP contribution in [0, 0.1) is 0 Å². The van der Waals surface area contributed by atoms with Crippen LogP contribution in [0.3, 0.4) is 0 Å². The van der Waals surface area contributed by atoms with E-state index in [1.165, 1.54) is 0 Å². The Kier molecular flexibility index (Phi) is 5.40. The zero-order valence-corrected chi connectivity index (χ0v) is 9.19. The first-order valence-corrected chi connectivity index (χ1v) is 5.06. The highest BCUT2D eigenvalue weighted by molar-refractivity contribution is 4.79. The maximum Gasteiger partial charge on any atom is 0.107 e. The van der Waals surface area contributed by atoms with Crippen molar-refractivity contribution in [1.82, 2.24) is 0 Å². The fourth-order valence-electron chi connectivity index (χ4n) is 1.65. The van der Waals surface area contributed by atoms with Crippen LogP contribution in [0.1, 0.15) is 13.3 Å². The second kappa shape index (κ2) is 6.35. The van der Waals surface area contributed by atoms with Gasteiger partial charge in [-0.2, -0.15) is 0 Å². The van der Waals surface area contributed by atoms with Gasteiger partial charge in [0, 0.05) is 27.2 Å². The molecule has 1 aliphatic heterocycles. The third-order valence-corrected chi connectivity index (χ3v) is 2.52. The second-order valence-electron chi connectivity index (χ2n) is 3.40. The van der Waals surface area contributed by atoms with Crippen LogP contribution in [0.2, 0.25) is 0 Å². The Morgan fingerprint density at radius 1 is 1.21 bits per heavy atom. The first-order chi connectivity index (χ1) is 6.81. The van der Waals surface area contributed by atoms with Crippen molar-refractivity contribution in [3.05, 3.63) is 0 Å². The van der Waals surface area contributed by atoms with Gasteiger partial charge >= 0.3 is 0 Å². The molecule has 14 heavy (non-hydrogen) atoms. The fourth-order valence-corrected chi connectivity index (χ4v) is 1.65. The van der Waals surface area contributed by atoms with Gasteiger partial charge in [0.25, 0.3) is 0 Å². The lowest BCUT2D eigenvalue weighted by Gasteiger charge is -2.34. The van der Waals surface area contributed by atoms with E-state index in [4.69, 9.17) is 18.9 Å². The average Bonchev–Trinajstić information content (AvgIpc) is 2.25. The summed E-state index contributed by atoms with van der Waals surface area (Å²) in [6.45, 7) is 3.94. The third kappa shape index (κ3) is 3.20. The summed E-state index contributed by atoms with van der Waals surface area (Å²) in [4.78, 5) is 0. The van der Waals surface area contributed by atoms with Crippen LogP contribution in [0.25, 0.3) is 0 Å². The Bertz CT molecular complexity index is 151. The van der Waals surface area contributed by atoms with Crippen molar-refractivity contribution in [2.24, 2.45) is 0 Å². The molecule has 3 atom stereocenters. The van der Waals surface area contributed by atoms with Gasteiger partial charge in [0.05, 0.1) is 25.4 Å². The maximum atomic E-state index is 5.59. The molecular formula is C10H20O4. The summed E-state index contributed by atoms with van der Waals surface area (Å²) in [5, 5.41) is 0. The van der Waals surface area contributed by atoms with Gasteiger partial charge in [0.15, 0.2) is 0 Å². The lowest BCUT2D eigenvalue weighted by Crippen LogP contribution is -2.44. The first kappa shape index (κ1) is 11.9. The predicted molar refractivity (Wildman–Crippen MR) is 52.4 cm³/mol. The molecule has 0 bridgehead atoms. The lowest BCUT2D eigenvalue weighted by atomic mass is 10.0. The molecular weight excluding hydrogens is 184 g/mol. The highest BCUT2D eigenvalue weighted by Crippen LogP contribution is 2.19. The molecule has 0 N–H and O–H groups in total. The molecule has 0 spiro atoms. The lowest BCUT2D eigenvalue weighted by molar-refractivity contribution is -0.156.